The molecular weight excluding hydrogens is 150 g/mol. The SMILES string of the molecule is C=CCN(C)C1=CC(=O)CCC1. The zero-order valence-corrected chi connectivity index (χ0v) is 7.55. The van der Waals surface area contributed by atoms with Gasteiger partial charge in [0.05, 0.1) is 0 Å². The third-order valence-electron chi connectivity index (χ3n) is 2.08. The Balaban J connectivity index is 2.60. The van der Waals surface area contributed by atoms with Crippen LogP contribution in [0.5, 0.6) is 0 Å². The van der Waals surface area contributed by atoms with E-state index >= 15 is 0 Å². The lowest BCUT2D eigenvalue weighted by Crippen LogP contribution is -2.20. The molecule has 0 aromatic heterocycles. The highest BCUT2D eigenvalue weighted by Gasteiger charge is 2.11. The van der Waals surface area contributed by atoms with Gasteiger partial charge in [-0.3, -0.25) is 4.79 Å². The summed E-state index contributed by atoms with van der Waals surface area (Å²) in [6, 6.07) is 0. The van der Waals surface area contributed by atoms with Crippen LogP contribution in [0.15, 0.2) is 24.4 Å². The Morgan fingerprint density at radius 1 is 1.67 bits per heavy atom. The summed E-state index contributed by atoms with van der Waals surface area (Å²) in [5.41, 5.74) is 1.14. The summed E-state index contributed by atoms with van der Waals surface area (Å²) in [5.74, 6) is 0.257. The lowest BCUT2D eigenvalue weighted by molar-refractivity contribution is -0.115. The number of nitrogens with zero attached hydrogens (tertiary/aromatic N) is 1. The first-order valence-electron chi connectivity index (χ1n) is 4.29. The minimum Gasteiger partial charge on any atom is -0.374 e. The van der Waals surface area contributed by atoms with E-state index in [1.807, 2.05) is 13.1 Å². The van der Waals surface area contributed by atoms with Gasteiger partial charge in [0.25, 0.3) is 0 Å². The largest absolute Gasteiger partial charge is 0.374 e. The first-order valence-corrected chi connectivity index (χ1v) is 4.29. The van der Waals surface area contributed by atoms with Gasteiger partial charge < -0.3 is 4.90 Å². The van der Waals surface area contributed by atoms with Crippen molar-refractivity contribution in [1.29, 1.82) is 0 Å². The minimum absolute atomic E-state index is 0.257. The second-order valence-corrected chi connectivity index (χ2v) is 3.12. The predicted molar refractivity (Wildman–Crippen MR) is 49.8 cm³/mol. The van der Waals surface area contributed by atoms with Crippen LogP contribution in [-0.4, -0.2) is 24.3 Å². The first-order chi connectivity index (χ1) is 5.74. The zero-order chi connectivity index (χ0) is 8.97. The smallest absolute Gasteiger partial charge is 0.157 e. The number of carbonyl (C=O) groups is 1. The van der Waals surface area contributed by atoms with Gasteiger partial charge in [-0.1, -0.05) is 6.08 Å². The van der Waals surface area contributed by atoms with Crippen LogP contribution in [0.2, 0.25) is 0 Å². The molecule has 66 valence electrons. The van der Waals surface area contributed by atoms with Gasteiger partial charge in [-0.25, -0.2) is 0 Å². The average Bonchev–Trinajstić information content (AvgIpc) is 2.05. The summed E-state index contributed by atoms with van der Waals surface area (Å²) in [6.07, 6.45) is 6.33. The number of allylic oxidation sites excluding steroid dienone is 2. The lowest BCUT2D eigenvalue weighted by Gasteiger charge is -2.23. The Bertz CT molecular complexity index is 218. The number of carbonyl (C=O) groups excluding carboxylic acids is 1. The molecule has 0 saturated carbocycles. The van der Waals surface area contributed by atoms with Crippen molar-refractivity contribution in [2.45, 2.75) is 19.3 Å². The molecule has 0 saturated heterocycles. The van der Waals surface area contributed by atoms with Crippen LogP contribution in [0.25, 0.3) is 0 Å². The number of hydrogen-bond acceptors (Lipinski definition) is 2. The summed E-state index contributed by atoms with van der Waals surface area (Å²) < 4.78 is 0. The predicted octanol–water partition coefficient (Wildman–Crippen LogP) is 1.74. The second kappa shape index (κ2) is 4.10. The lowest BCUT2D eigenvalue weighted by atomic mass is 10.0. The molecule has 0 atom stereocenters. The molecule has 0 fully saturated rings. The third kappa shape index (κ3) is 2.22. The van der Waals surface area contributed by atoms with Gasteiger partial charge in [0.1, 0.15) is 0 Å². The molecule has 0 bridgehead atoms. The van der Waals surface area contributed by atoms with Gasteiger partial charge in [0.2, 0.25) is 0 Å². The number of rotatable bonds is 3. The van der Waals surface area contributed by atoms with E-state index < -0.39 is 0 Å². The molecule has 2 nitrogen and oxygen atoms in total. The fraction of sp³-hybridized carbons (Fsp3) is 0.500. The van der Waals surface area contributed by atoms with Crippen molar-refractivity contribution >= 4 is 5.78 Å². The molecule has 0 heterocycles. The van der Waals surface area contributed by atoms with Gasteiger partial charge in [0.15, 0.2) is 5.78 Å². The third-order valence-corrected chi connectivity index (χ3v) is 2.08. The molecule has 0 N–H and O–H groups in total. The van der Waals surface area contributed by atoms with E-state index in [0.29, 0.717) is 6.42 Å². The number of hydrogen-bond donors (Lipinski definition) is 0. The van der Waals surface area contributed by atoms with Crippen molar-refractivity contribution in [2.75, 3.05) is 13.6 Å². The van der Waals surface area contributed by atoms with Crippen molar-refractivity contribution in [1.82, 2.24) is 4.90 Å². The van der Waals surface area contributed by atoms with Crippen LogP contribution in [0.3, 0.4) is 0 Å². The van der Waals surface area contributed by atoms with E-state index in [-0.39, 0.29) is 5.78 Å². The Morgan fingerprint density at radius 2 is 2.42 bits per heavy atom. The minimum atomic E-state index is 0.257. The standard InChI is InChI=1S/C10H15NO/c1-3-7-11(2)9-5-4-6-10(12)8-9/h3,8H,1,4-7H2,2H3. The molecule has 0 aliphatic heterocycles. The summed E-state index contributed by atoms with van der Waals surface area (Å²) in [7, 11) is 1.99. The topological polar surface area (TPSA) is 20.3 Å². The molecule has 1 rings (SSSR count). The molecule has 0 spiro atoms. The number of likely N-dealkylation sites (N-methyl/N-ethyl adjacent to an activating group) is 1. The normalized spacial score (nSPS) is 17.1. The molecule has 0 amide bonds. The summed E-state index contributed by atoms with van der Waals surface area (Å²) in [6.45, 7) is 4.48. The van der Waals surface area contributed by atoms with Crippen molar-refractivity contribution in [2.24, 2.45) is 0 Å². The molecule has 12 heavy (non-hydrogen) atoms. The van der Waals surface area contributed by atoms with Crippen LogP contribution in [0.1, 0.15) is 19.3 Å². The van der Waals surface area contributed by atoms with Crippen LogP contribution in [-0.2, 0) is 4.79 Å². The van der Waals surface area contributed by atoms with E-state index in [1.54, 1.807) is 6.08 Å². The van der Waals surface area contributed by atoms with Gasteiger partial charge in [0, 0.05) is 31.8 Å². The molecule has 1 aliphatic carbocycles. The summed E-state index contributed by atoms with van der Waals surface area (Å²) >= 11 is 0. The van der Waals surface area contributed by atoms with Gasteiger partial charge in [-0.05, 0) is 12.8 Å². The van der Waals surface area contributed by atoms with E-state index in [4.69, 9.17) is 0 Å². The summed E-state index contributed by atoms with van der Waals surface area (Å²) in [4.78, 5) is 13.1. The molecule has 0 aromatic carbocycles. The highest BCUT2D eigenvalue weighted by atomic mass is 16.1. The molecule has 0 unspecified atom stereocenters. The maximum Gasteiger partial charge on any atom is 0.157 e. The molecular formula is C10H15NO. The van der Waals surface area contributed by atoms with Crippen LogP contribution >= 0.6 is 0 Å². The summed E-state index contributed by atoms with van der Waals surface area (Å²) in [5, 5.41) is 0. The van der Waals surface area contributed by atoms with Crippen LogP contribution in [0.4, 0.5) is 0 Å². The number of ketones is 1. The van der Waals surface area contributed by atoms with Crippen molar-refractivity contribution in [3.05, 3.63) is 24.4 Å². The van der Waals surface area contributed by atoms with Crippen LogP contribution in [0, 0.1) is 0 Å². The highest BCUT2D eigenvalue weighted by molar-refractivity contribution is 5.91. The second-order valence-electron chi connectivity index (χ2n) is 3.12. The quantitative estimate of drug-likeness (QED) is 0.594. The van der Waals surface area contributed by atoms with Crippen LogP contribution < -0.4 is 0 Å². The zero-order valence-electron chi connectivity index (χ0n) is 7.55. The molecule has 0 aromatic rings. The molecule has 2 heteroatoms. The van der Waals surface area contributed by atoms with E-state index in [2.05, 4.69) is 11.5 Å². The van der Waals surface area contributed by atoms with E-state index in [1.165, 1.54) is 0 Å². The maximum absolute atomic E-state index is 11.1. The average molecular weight is 165 g/mol. The highest BCUT2D eigenvalue weighted by Crippen LogP contribution is 2.17. The van der Waals surface area contributed by atoms with Crippen molar-refractivity contribution in [3.8, 4) is 0 Å². The maximum atomic E-state index is 11.1. The van der Waals surface area contributed by atoms with Crippen molar-refractivity contribution < 1.29 is 4.79 Å². The first kappa shape index (κ1) is 9.04. The van der Waals surface area contributed by atoms with Gasteiger partial charge in [-0.2, -0.15) is 0 Å². The Morgan fingerprint density at radius 3 is 3.00 bits per heavy atom. The van der Waals surface area contributed by atoms with Crippen molar-refractivity contribution in [3.63, 3.8) is 0 Å². The molecule has 0 radical (unpaired) electrons. The monoisotopic (exact) mass is 165 g/mol. The Hall–Kier alpha value is -1.05. The Kier molecular flexibility index (Phi) is 3.09. The fourth-order valence-corrected chi connectivity index (χ4v) is 1.39. The van der Waals surface area contributed by atoms with E-state index in [9.17, 15) is 4.79 Å². The van der Waals surface area contributed by atoms with Gasteiger partial charge >= 0.3 is 0 Å². The fourth-order valence-electron chi connectivity index (χ4n) is 1.39. The Labute approximate surface area is 73.6 Å². The van der Waals surface area contributed by atoms with Gasteiger partial charge in [-0.15, -0.1) is 6.58 Å². The van der Waals surface area contributed by atoms with E-state index in [0.717, 1.165) is 25.1 Å². The molecule has 1 aliphatic rings.